The van der Waals surface area contributed by atoms with Crippen molar-refractivity contribution < 1.29 is 9.18 Å². The summed E-state index contributed by atoms with van der Waals surface area (Å²) < 4.78 is 15.1. The van der Waals surface area contributed by atoms with Crippen molar-refractivity contribution in [3.05, 3.63) is 60.8 Å². The largest absolute Gasteiger partial charge is 0.318 e. The van der Waals surface area contributed by atoms with E-state index in [2.05, 4.69) is 43.8 Å². The number of anilines is 1. The van der Waals surface area contributed by atoms with Crippen LogP contribution >= 0.6 is 50.1 Å². The summed E-state index contributed by atoms with van der Waals surface area (Å²) >= 11 is 11.3. The molecule has 2 nitrogen and oxygen atoms in total. The number of nitrogens with one attached hydrogen (secondary N) is 1. The molecule has 0 heterocycles. The summed E-state index contributed by atoms with van der Waals surface area (Å²) in [6, 6.07) is 9.57. The third-order valence-electron chi connectivity index (χ3n) is 2.37. The molecule has 0 unspecified atom stereocenters. The minimum absolute atomic E-state index is 0.0140. The zero-order valence-electron chi connectivity index (χ0n) is 9.38. The number of carbonyl (C=O) groups is 1. The molecule has 2 aromatic carbocycles. The molecule has 0 aliphatic heterocycles. The first-order valence-corrected chi connectivity index (χ1v) is 7.44. The average Bonchev–Trinajstić information content (AvgIpc) is 2.37. The molecule has 1 N–H and O–H groups in total. The molecule has 0 radical (unpaired) electrons. The van der Waals surface area contributed by atoms with Gasteiger partial charge in [-0.15, -0.1) is 0 Å². The number of hydrogen-bond acceptors (Lipinski definition) is 1. The molecule has 0 aromatic heterocycles. The van der Waals surface area contributed by atoms with Crippen molar-refractivity contribution in [2.45, 2.75) is 0 Å². The van der Waals surface area contributed by atoms with E-state index in [0.29, 0.717) is 10.0 Å². The minimum atomic E-state index is -0.567. The summed E-state index contributed by atoms with van der Waals surface area (Å²) in [4.78, 5) is 12.1. The first-order valence-electron chi connectivity index (χ1n) is 5.19. The normalized spacial score (nSPS) is 10.3. The molecular weight excluding hydrogens is 447 g/mol. The molecule has 6 heteroatoms. The van der Waals surface area contributed by atoms with E-state index in [0.717, 1.165) is 3.57 Å². The Hall–Kier alpha value is -0.660. The highest BCUT2D eigenvalue weighted by atomic mass is 127. The van der Waals surface area contributed by atoms with Crippen molar-refractivity contribution in [2.24, 2.45) is 0 Å². The lowest BCUT2D eigenvalue weighted by molar-refractivity contribution is 0.102. The highest BCUT2D eigenvalue weighted by molar-refractivity contribution is 14.1. The zero-order valence-corrected chi connectivity index (χ0v) is 13.9. The summed E-state index contributed by atoms with van der Waals surface area (Å²) in [5.74, 6) is -0.986. The van der Waals surface area contributed by atoms with Crippen LogP contribution in [0.25, 0.3) is 0 Å². The summed E-state index contributed by atoms with van der Waals surface area (Å²) in [6.07, 6.45) is 0. The number of para-hydroxylation sites is 1. The van der Waals surface area contributed by atoms with E-state index in [1.54, 1.807) is 12.1 Å². The van der Waals surface area contributed by atoms with Crippen LogP contribution in [0.15, 0.2) is 40.9 Å². The SMILES string of the molecule is O=C(Nc1c(F)cccc1Cl)c1cc(I)ccc1Br. The van der Waals surface area contributed by atoms with Gasteiger partial charge in [-0.2, -0.15) is 0 Å². The molecule has 98 valence electrons. The van der Waals surface area contributed by atoms with E-state index in [4.69, 9.17) is 11.6 Å². The lowest BCUT2D eigenvalue weighted by Gasteiger charge is -2.09. The van der Waals surface area contributed by atoms with E-state index in [9.17, 15) is 9.18 Å². The maximum Gasteiger partial charge on any atom is 0.256 e. The second-order valence-corrected chi connectivity index (χ2v) is 6.18. The van der Waals surface area contributed by atoms with Gasteiger partial charge < -0.3 is 5.32 Å². The molecule has 2 aromatic rings. The molecule has 19 heavy (non-hydrogen) atoms. The minimum Gasteiger partial charge on any atom is -0.318 e. The summed E-state index contributed by atoms with van der Waals surface area (Å²) in [7, 11) is 0. The van der Waals surface area contributed by atoms with Crippen LogP contribution in [0.3, 0.4) is 0 Å². The van der Waals surface area contributed by atoms with Gasteiger partial charge in [0.05, 0.1) is 16.3 Å². The van der Waals surface area contributed by atoms with Gasteiger partial charge in [-0.3, -0.25) is 4.79 Å². The maximum atomic E-state index is 13.6. The van der Waals surface area contributed by atoms with Crippen LogP contribution in [-0.4, -0.2) is 5.91 Å². The average molecular weight is 454 g/mol. The Balaban J connectivity index is 2.34. The van der Waals surface area contributed by atoms with Crippen LogP contribution in [0.5, 0.6) is 0 Å². The van der Waals surface area contributed by atoms with E-state index < -0.39 is 11.7 Å². The highest BCUT2D eigenvalue weighted by Crippen LogP contribution is 2.26. The van der Waals surface area contributed by atoms with E-state index in [1.165, 1.54) is 18.2 Å². The monoisotopic (exact) mass is 453 g/mol. The van der Waals surface area contributed by atoms with Crippen molar-refractivity contribution in [2.75, 3.05) is 5.32 Å². The molecule has 0 spiro atoms. The van der Waals surface area contributed by atoms with Crippen LogP contribution in [-0.2, 0) is 0 Å². The topological polar surface area (TPSA) is 29.1 Å². The predicted octanol–water partition coefficient (Wildman–Crippen LogP) is 5.10. The zero-order chi connectivity index (χ0) is 14.0. The lowest BCUT2D eigenvalue weighted by atomic mass is 10.2. The fraction of sp³-hybridized carbons (Fsp3) is 0. The number of rotatable bonds is 2. The Kier molecular flexibility index (Phi) is 4.81. The van der Waals surface area contributed by atoms with Crippen molar-refractivity contribution in [3.63, 3.8) is 0 Å². The quantitative estimate of drug-likeness (QED) is 0.629. The Morgan fingerprint density at radius 2 is 2.05 bits per heavy atom. The van der Waals surface area contributed by atoms with Crippen LogP contribution in [0.4, 0.5) is 10.1 Å². The molecule has 0 saturated heterocycles. The molecule has 1 amide bonds. The molecular formula is C13H7BrClFINO. The summed E-state index contributed by atoms with van der Waals surface area (Å²) in [5.41, 5.74) is 0.408. The molecule has 0 aliphatic rings. The van der Waals surface area contributed by atoms with Gasteiger partial charge in [-0.1, -0.05) is 17.7 Å². The van der Waals surface area contributed by atoms with Crippen LogP contribution in [0.1, 0.15) is 10.4 Å². The maximum absolute atomic E-state index is 13.6. The molecule has 0 saturated carbocycles. The fourth-order valence-electron chi connectivity index (χ4n) is 1.47. The van der Waals surface area contributed by atoms with Gasteiger partial charge in [0.25, 0.3) is 5.91 Å². The molecule has 0 atom stereocenters. The smallest absolute Gasteiger partial charge is 0.256 e. The van der Waals surface area contributed by atoms with Crippen molar-refractivity contribution in [3.8, 4) is 0 Å². The molecule has 0 aliphatic carbocycles. The first kappa shape index (κ1) is 14.7. The number of carbonyl (C=O) groups excluding carboxylic acids is 1. The number of benzene rings is 2. The fourth-order valence-corrected chi connectivity index (χ4v) is 2.60. The van der Waals surface area contributed by atoms with Crippen molar-refractivity contribution >= 4 is 61.7 Å². The molecule has 2 rings (SSSR count). The highest BCUT2D eigenvalue weighted by Gasteiger charge is 2.14. The Morgan fingerprint density at radius 3 is 2.74 bits per heavy atom. The third-order valence-corrected chi connectivity index (χ3v) is 4.05. The Labute approximate surface area is 136 Å². The second-order valence-electron chi connectivity index (χ2n) is 3.67. The standard InChI is InChI=1S/C13H7BrClFINO/c14-9-5-4-7(17)6-8(9)13(19)18-12-10(15)2-1-3-11(12)16/h1-6H,(H,18,19). The van der Waals surface area contributed by atoms with Gasteiger partial charge in [-0.05, 0) is 68.9 Å². The summed E-state index contributed by atoms with van der Waals surface area (Å²) in [6.45, 7) is 0. The molecule has 0 fully saturated rings. The van der Waals surface area contributed by atoms with E-state index in [1.807, 2.05) is 6.07 Å². The van der Waals surface area contributed by atoms with Gasteiger partial charge in [0.1, 0.15) is 5.82 Å². The van der Waals surface area contributed by atoms with E-state index >= 15 is 0 Å². The number of amides is 1. The third kappa shape index (κ3) is 3.46. The second kappa shape index (κ2) is 6.19. The van der Waals surface area contributed by atoms with Gasteiger partial charge >= 0.3 is 0 Å². The molecule has 0 bridgehead atoms. The first-order chi connectivity index (χ1) is 8.99. The van der Waals surface area contributed by atoms with Crippen LogP contribution in [0.2, 0.25) is 5.02 Å². The van der Waals surface area contributed by atoms with Crippen molar-refractivity contribution in [1.29, 1.82) is 0 Å². The van der Waals surface area contributed by atoms with Gasteiger partial charge in [-0.25, -0.2) is 4.39 Å². The number of halogens is 4. The lowest BCUT2D eigenvalue weighted by Crippen LogP contribution is -2.14. The summed E-state index contributed by atoms with van der Waals surface area (Å²) in [5, 5.41) is 2.65. The van der Waals surface area contributed by atoms with Crippen LogP contribution in [0, 0.1) is 9.39 Å². The van der Waals surface area contributed by atoms with E-state index in [-0.39, 0.29) is 10.7 Å². The Morgan fingerprint density at radius 1 is 1.32 bits per heavy atom. The predicted molar refractivity (Wildman–Crippen MR) is 86.2 cm³/mol. The van der Waals surface area contributed by atoms with Gasteiger partial charge in [0, 0.05) is 8.04 Å². The number of hydrogen-bond donors (Lipinski definition) is 1. The van der Waals surface area contributed by atoms with Gasteiger partial charge in [0.2, 0.25) is 0 Å². The van der Waals surface area contributed by atoms with Gasteiger partial charge in [0.15, 0.2) is 0 Å². The van der Waals surface area contributed by atoms with Crippen LogP contribution < -0.4 is 5.32 Å². The Bertz CT molecular complexity index is 630. The van der Waals surface area contributed by atoms with Crippen molar-refractivity contribution in [1.82, 2.24) is 0 Å².